The third-order valence-corrected chi connectivity index (χ3v) is 4.14. The fourth-order valence-corrected chi connectivity index (χ4v) is 2.04. The quantitative estimate of drug-likeness (QED) is 0.798. The topological polar surface area (TPSA) is 49.4 Å². The molecule has 1 heterocycles. The van der Waals surface area contributed by atoms with Gasteiger partial charge >= 0.3 is 0 Å². The van der Waals surface area contributed by atoms with Gasteiger partial charge in [-0.05, 0) is 26.5 Å². The van der Waals surface area contributed by atoms with E-state index in [2.05, 4.69) is 19.2 Å². The molecule has 1 fully saturated rings. The van der Waals surface area contributed by atoms with Crippen molar-refractivity contribution in [2.75, 3.05) is 19.3 Å². The van der Waals surface area contributed by atoms with Gasteiger partial charge in [-0.1, -0.05) is 6.92 Å². The van der Waals surface area contributed by atoms with E-state index >= 15 is 0 Å². The van der Waals surface area contributed by atoms with Crippen LogP contribution in [-0.2, 0) is 9.59 Å². The highest BCUT2D eigenvalue weighted by Gasteiger charge is 2.36. The zero-order chi connectivity index (χ0) is 12.3. The fourth-order valence-electron chi connectivity index (χ4n) is 1.78. The molecule has 1 unspecified atom stereocenters. The van der Waals surface area contributed by atoms with Gasteiger partial charge in [0.2, 0.25) is 11.8 Å². The van der Waals surface area contributed by atoms with Crippen molar-refractivity contribution in [3.8, 4) is 0 Å². The van der Waals surface area contributed by atoms with Crippen molar-refractivity contribution < 1.29 is 9.59 Å². The van der Waals surface area contributed by atoms with Crippen LogP contribution >= 0.6 is 11.8 Å². The van der Waals surface area contributed by atoms with Crippen LogP contribution in [0.4, 0.5) is 0 Å². The average Bonchev–Trinajstić information content (AvgIpc) is 2.24. The van der Waals surface area contributed by atoms with Gasteiger partial charge < -0.3 is 10.2 Å². The third-order valence-electron chi connectivity index (χ3n) is 2.90. The van der Waals surface area contributed by atoms with Gasteiger partial charge in [-0.2, -0.15) is 11.8 Å². The molecule has 0 spiro atoms. The van der Waals surface area contributed by atoms with E-state index in [1.54, 1.807) is 16.7 Å². The van der Waals surface area contributed by atoms with Crippen LogP contribution in [0.5, 0.6) is 0 Å². The number of amides is 2. The SMILES string of the molecule is CCC1C(=O)NCC(=O)N1CC(C)(C)SC. The molecule has 0 aromatic carbocycles. The maximum atomic E-state index is 11.8. The summed E-state index contributed by atoms with van der Waals surface area (Å²) in [6.07, 6.45) is 2.69. The number of nitrogens with one attached hydrogen (secondary N) is 1. The Bertz CT molecular complexity index is 292. The summed E-state index contributed by atoms with van der Waals surface area (Å²) in [5.41, 5.74) is 0. The van der Waals surface area contributed by atoms with Crippen molar-refractivity contribution in [3.63, 3.8) is 0 Å². The molecule has 1 aliphatic rings. The summed E-state index contributed by atoms with van der Waals surface area (Å²) in [5.74, 6) is -0.00687. The molecule has 92 valence electrons. The van der Waals surface area contributed by atoms with E-state index in [0.717, 1.165) is 0 Å². The van der Waals surface area contributed by atoms with Crippen LogP contribution in [0.3, 0.4) is 0 Å². The molecule has 2 amide bonds. The summed E-state index contributed by atoms with van der Waals surface area (Å²) in [6.45, 7) is 6.87. The maximum Gasteiger partial charge on any atom is 0.243 e. The smallest absolute Gasteiger partial charge is 0.243 e. The van der Waals surface area contributed by atoms with E-state index in [1.165, 1.54) is 0 Å². The van der Waals surface area contributed by atoms with Crippen LogP contribution in [0.15, 0.2) is 0 Å². The Balaban J connectivity index is 2.80. The third kappa shape index (κ3) is 2.90. The molecule has 0 aliphatic carbocycles. The summed E-state index contributed by atoms with van der Waals surface area (Å²) >= 11 is 1.71. The second-order valence-corrected chi connectivity index (χ2v) is 6.14. The molecule has 0 radical (unpaired) electrons. The molecular weight excluding hydrogens is 224 g/mol. The predicted molar refractivity (Wildman–Crippen MR) is 66.4 cm³/mol. The lowest BCUT2D eigenvalue weighted by atomic mass is 10.1. The number of thioether (sulfide) groups is 1. The van der Waals surface area contributed by atoms with Crippen molar-refractivity contribution in [1.29, 1.82) is 0 Å². The largest absolute Gasteiger partial charge is 0.345 e. The summed E-state index contributed by atoms with van der Waals surface area (Å²) in [6, 6.07) is -0.298. The van der Waals surface area contributed by atoms with Gasteiger partial charge in [0.15, 0.2) is 0 Å². The van der Waals surface area contributed by atoms with Crippen LogP contribution in [0.1, 0.15) is 27.2 Å². The molecule has 16 heavy (non-hydrogen) atoms. The van der Waals surface area contributed by atoms with Crippen molar-refractivity contribution in [2.24, 2.45) is 0 Å². The molecular formula is C11H20N2O2S. The summed E-state index contributed by atoms with van der Waals surface area (Å²) < 4.78 is -0.0132. The average molecular weight is 244 g/mol. The molecule has 1 rings (SSSR count). The second kappa shape index (κ2) is 5.08. The van der Waals surface area contributed by atoms with Crippen LogP contribution in [0.2, 0.25) is 0 Å². The number of piperazine rings is 1. The first-order valence-corrected chi connectivity index (χ1v) is 6.76. The molecule has 4 nitrogen and oxygen atoms in total. The van der Waals surface area contributed by atoms with Crippen LogP contribution in [-0.4, -0.2) is 46.8 Å². The lowest BCUT2D eigenvalue weighted by molar-refractivity contribution is -0.146. The Hall–Kier alpha value is -0.710. The monoisotopic (exact) mass is 244 g/mol. The van der Waals surface area contributed by atoms with Crippen LogP contribution in [0.25, 0.3) is 0 Å². The van der Waals surface area contributed by atoms with Crippen molar-refractivity contribution in [2.45, 2.75) is 38.0 Å². The summed E-state index contributed by atoms with van der Waals surface area (Å²) in [7, 11) is 0. The zero-order valence-corrected chi connectivity index (χ0v) is 11.2. The van der Waals surface area contributed by atoms with Crippen LogP contribution < -0.4 is 5.32 Å². The van der Waals surface area contributed by atoms with Crippen molar-refractivity contribution in [1.82, 2.24) is 10.2 Å². The van der Waals surface area contributed by atoms with Crippen molar-refractivity contribution in [3.05, 3.63) is 0 Å². The van der Waals surface area contributed by atoms with Gasteiger partial charge in [-0.15, -0.1) is 0 Å². The molecule has 0 bridgehead atoms. The van der Waals surface area contributed by atoms with E-state index in [4.69, 9.17) is 0 Å². The first-order chi connectivity index (χ1) is 7.41. The predicted octanol–water partition coefficient (Wildman–Crippen LogP) is 0.865. The zero-order valence-electron chi connectivity index (χ0n) is 10.4. The number of nitrogens with zero attached hydrogens (tertiary/aromatic N) is 1. The van der Waals surface area contributed by atoms with Gasteiger partial charge in [-0.3, -0.25) is 9.59 Å². The van der Waals surface area contributed by atoms with Gasteiger partial charge in [0, 0.05) is 11.3 Å². The van der Waals surface area contributed by atoms with Gasteiger partial charge in [-0.25, -0.2) is 0 Å². The fraction of sp³-hybridized carbons (Fsp3) is 0.818. The highest BCUT2D eigenvalue weighted by molar-refractivity contribution is 7.99. The number of carbonyl (C=O) groups is 2. The Morgan fingerprint density at radius 2 is 2.12 bits per heavy atom. The minimum Gasteiger partial charge on any atom is -0.345 e. The Labute approximate surface area is 101 Å². The van der Waals surface area contributed by atoms with Crippen molar-refractivity contribution >= 4 is 23.6 Å². The molecule has 1 N–H and O–H groups in total. The van der Waals surface area contributed by atoms with E-state index in [1.807, 2.05) is 13.2 Å². The Morgan fingerprint density at radius 3 is 2.62 bits per heavy atom. The number of carbonyl (C=O) groups excluding carboxylic acids is 2. The van der Waals surface area contributed by atoms with E-state index in [0.29, 0.717) is 13.0 Å². The lowest BCUT2D eigenvalue weighted by Crippen LogP contribution is -2.60. The molecule has 1 saturated heterocycles. The Morgan fingerprint density at radius 1 is 1.50 bits per heavy atom. The molecule has 1 atom stereocenters. The minimum atomic E-state index is -0.298. The Kier molecular flexibility index (Phi) is 4.24. The molecule has 1 aliphatic heterocycles. The molecule has 0 saturated carbocycles. The summed E-state index contributed by atoms with van der Waals surface area (Å²) in [4.78, 5) is 25.2. The molecule has 0 aromatic rings. The lowest BCUT2D eigenvalue weighted by Gasteiger charge is -2.39. The van der Waals surface area contributed by atoms with E-state index in [-0.39, 0.29) is 29.1 Å². The van der Waals surface area contributed by atoms with Gasteiger partial charge in [0.05, 0.1) is 6.54 Å². The maximum absolute atomic E-state index is 11.8. The van der Waals surface area contributed by atoms with Gasteiger partial charge in [0.1, 0.15) is 6.04 Å². The second-order valence-electron chi connectivity index (χ2n) is 4.63. The number of hydrogen-bond donors (Lipinski definition) is 1. The van der Waals surface area contributed by atoms with Gasteiger partial charge in [0.25, 0.3) is 0 Å². The number of rotatable bonds is 4. The highest BCUT2D eigenvalue weighted by atomic mass is 32.2. The van der Waals surface area contributed by atoms with E-state index in [9.17, 15) is 9.59 Å². The standard InChI is InChI=1S/C11H20N2O2S/c1-5-8-10(15)12-6-9(14)13(8)7-11(2,3)16-4/h8H,5-7H2,1-4H3,(H,12,15). The normalized spacial score (nSPS) is 22.2. The molecule has 5 heteroatoms. The molecule has 0 aromatic heterocycles. The first kappa shape index (κ1) is 13.4. The minimum absolute atomic E-state index is 0.0132. The first-order valence-electron chi connectivity index (χ1n) is 5.53. The van der Waals surface area contributed by atoms with E-state index < -0.39 is 0 Å². The number of hydrogen-bond acceptors (Lipinski definition) is 3. The van der Waals surface area contributed by atoms with Crippen LogP contribution in [0, 0.1) is 0 Å². The summed E-state index contributed by atoms with van der Waals surface area (Å²) in [5, 5.41) is 2.63. The highest BCUT2D eigenvalue weighted by Crippen LogP contribution is 2.24.